The van der Waals surface area contributed by atoms with Crippen molar-refractivity contribution in [2.24, 2.45) is 7.05 Å². The van der Waals surface area contributed by atoms with Crippen molar-refractivity contribution in [2.45, 2.75) is 37.8 Å². The van der Waals surface area contributed by atoms with Crippen molar-refractivity contribution in [2.75, 3.05) is 6.54 Å². The number of piperidine rings is 1. The van der Waals surface area contributed by atoms with E-state index < -0.39 is 6.10 Å². The number of carbonyl (C=O) groups excluding carboxylic acids is 1. The third kappa shape index (κ3) is 3.45. The molecule has 5 heteroatoms. The molecule has 2 atom stereocenters. The Balaban J connectivity index is 1.74. The van der Waals surface area contributed by atoms with E-state index in [0.29, 0.717) is 12.2 Å². The highest BCUT2D eigenvalue weighted by molar-refractivity contribution is 5.92. The quantitative estimate of drug-likeness (QED) is 0.939. The maximum absolute atomic E-state index is 12.8. The Bertz CT molecular complexity index is 653. The van der Waals surface area contributed by atoms with Gasteiger partial charge < -0.3 is 14.6 Å². The molecule has 0 spiro atoms. The van der Waals surface area contributed by atoms with Crippen LogP contribution in [0.2, 0.25) is 0 Å². The molecule has 2 heterocycles. The molecule has 1 aromatic carbocycles. The molecule has 122 valence electrons. The van der Waals surface area contributed by atoms with Crippen LogP contribution < -0.4 is 0 Å². The van der Waals surface area contributed by atoms with Gasteiger partial charge in [0.15, 0.2) is 0 Å². The second kappa shape index (κ2) is 6.96. The number of aryl methyl sites for hydroxylation is 2. The average molecular weight is 313 g/mol. The lowest BCUT2D eigenvalue weighted by Gasteiger charge is -2.39. The molecule has 0 saturated carbocycles. The van der Waals surface area contributed by atoms with Crippen LogP contribution in [0, 0.1) is 0 Å². The Kier molecular flexibility index (Phi) is 4.76. The van der Waals surface area contributed by atoms with E-state index in [2.05, 4.69) is 17.1 Å². The number of hydrogen-bond acceptors (Lipinski definition) is 3. The van der Waals surface area contributed by atoms with Gasteiger partial charge in [0.1, 0.15) is 5.69 Å². The molecule has 1 N–H and O–H groups in total. The van der Waals surface area contributed by atoms with E-state index in [0.717, 1.165) is 25.7 Å². The predicted octanol–water partition coefficient (Wildman–Crippen LogP) is 2.02. The number of aliphatic hydroxyl groups is 1. The number of carbonyl (C=O) groups is 1. The Morgan fingerprint density at radius 3 is 2.83 bits per heavy atom. The first-order valence-corrected chi connectivity index (χ1v) is 8.16. The summed E-state index contributed by atoms with van der Waals surface area (Å²) in [6.45, 7) is 0.695. The lowest BCUT2D eigenvalue weighted by Crippen LogP contribution is -2.51. The molecule has 2 unspecified atom stereocenters. The number of aromatic nitrogens is 2. The summed E-state index contributed by atoms with van der Waals surface area (Å²) < 4.78 is 1.73. The van der Waals surface area contributed by atoms with Gasteiger partial charge in [0.05, 0.1) is 24.7 Å². The smallest absolute Gasteiger partial charge is 0.272 e. The Hall–Kier alpha value is -2.14. The molecule has 5 nitrogen and oxygen atoms in total. The first-order valence-electron chi connectivity index (χ1n) is 8.16. The van der Waals surface area contributed by atoms with Crippen LogP contribution >= 0.6 is 0 Å². The van der Waals surface area contributed by atoms with Crippen molar-refractivity contribution in [1.29, 1.82) is 0 Å². The second-order valence-corrected chi connectivity index (χ2v) is 6.19. The molecule has 1 fully saturated rings. The fourth-order valence-electron chi connectivity index (χ4n) is 3.31. The van der Waals surface area contributed by atoms with Crippen molar-refractivity contribution in [3.63, 3.8) is 0 Å². The van der Waals surface area contributed by atoms with E-state index in [-0.39, 0.29) is 11.9 Å². The van der Waals surface area contributed by atoms with Crippen molar-refractivity contribution < 1.29 is 9.90 Å². The van der Waals surface area contributed by atoms with Crippen LogP contribution in [0.1, 0.15) is 35.3 Å². The minimum atomic E-state index is -0.454. The van der Waals surface area contributed by atoms with E-state index in [1.54, 1.807) is 17.1 Å². The van der Waals surface area contributed by atoms with Gasteiger partial charge in [-0.15, -0.1) is 0 Å². The van der Waals surface area contributed by atoms with E-state index >= 15 is 0 Å². The third-order valence-electron chi connectivity index (χ3n) is 4.61. The van der Waals surface area contributed by atoms with Crippen LogP contribution in [0.15, 0.2) is 42.9 Å². The van der Waals surface area contributed by atoms with Crippen LogP contribution in [0.4, 0.5) is 0 Å². The number of hydrogen-bond donors (Lipinski definition) is 1. The van der Waals surface area contributed by atoms with E-state index in [1.807, 2.05) is 30.1 Å². The van der Waals surface area contributed by atoms with Crippen molar-refractivity contribution in [3.05, 3.63) is 54.1 Å². The first kappa shape index (κ1) is 15.7. The summed E-state index contributed by atoms with van der Waals surface area (Å²) >= 11 is 0. The number of aliphatic hydroxyl groups excluding tert-OH is 1. The van der Waals surface area contributed by atoms with Gasteiger partial charge in [0.2, 0.25) is 0 Å². The fourth-order valence-corrected chi connectivity index (χ4v) is 3.31. The first-order chi connectivity index (χ1) is 11.2. The van der Waals surface area contributed by atoms with Gasteiger partial charge in [-0.05, 0) is 31.2 Å². The van der Waals surface area contributed by atoms with E-state index in [4.69, 9.17) is 0 Å². The van der Waals surface area contributed by atoms with Crippen LogP contribution in [0.25, 0.3) is 0 Å². The molecule has 1 amide bonds. The summed E-state index contributed by atoms with van der Waals surface area (Å²) in [5.74, 6) is -0.0400. The summed E-state index contributed by atoms with van der Waals surface area (Å²) in [7, 11) is 1.82. The second-order valence-electron chi connectivity index (χ2n) is 6.19. The summed E-state index contributed by atoms with van der Waals surface area (Å²) in [5, 5.41) is 10.4. The molecule has 1 aliphatic rings. The van der Waals surface area contributed by atoms with Crippen LogP contribution in [0.3, 0.4) is 0 Å². The molecular weight excluding hydrogens is 290 g/mol. The fraction of sp³-hybridized carbons (Fsp3) is 0.444. The van der Waals surface area contributed by atoms with Gasteiger partial charge in [-0.3, -0.25) is 4.79 Å². The lowest BCUT2D eigenvalue weighted by molar-refractivity contribution is 0.00834. The van der Waals surface area contributed by atoms with Crippen molar-refractivity contribution >= 4 is 5.91 Å². The van der Waals surface area contributed by atoms with Crippen molar-refractivity contribution in [3.8, 4) is 0 Å². The molecule has 1 saturated heterocycles. The highest BCUT2D eigenvalue weighted by atomic mass is 16.3. The zero-order valence-corrected chi connectivity index (χ0v) is 13.4. The van der Waals surface area contributed by atoms with Gasteiger partial charge >= 0.3 is 0 Å². The molecule has 3 rings (SSSR count). The molecular formula is C18H23N3O2. The van der Waals surface area contributed by atoms with Gasteiger partial charge in [-0.2, -0.15) is 0 Å². The van der Waals surface area contributed by atoms with Crippen LogP contribution in [-0.2, 0) is 13.5 Å². The van der Waals surface area contributed by atoms with E-state index in [1.165, 1.54) is 5.56 Å². The Morgan fingerprint density at radius 2 is 2.13 bits per heavy atom. The molecule has 1 aromatic heterocycles. The highest BCUT2D eigenvalue weighted by Gasteiger charge is 2.34. The molecule has 23 heavy (non-hydrogen) atoms. The van der Waals surface area contributed by atoms with Gasteiger partial charge in [-0.25, -0.2) is 4.98 Å². The summed E-state index contributed by atoms with van der Waals surface area (Å²) in [6, 6.07) is 10.1. The standard InChI is InChI=1S/C18H23N3O2/c1-20-13-19-12-16(20)18(23)21-11-5-8-17(22)15(21)10-9-14-6-3-2-4-7-14/h2-4,6-7,12-13,15,17,22H,5,8-11H2,1H3. The number of amides is 1. The zero-order valence-electron chi connectivity index (χ0n) is 13.4. The van der Waals surface area contributed by atoms with Gasteiger partial charge in [0.25, 0.3) is 5.91 Å². The highest BCUT2D eigenvalue weighted by Crippen LogP contribution is 2.24. The minimum absolute atomic E-state index is 0.0400. The minimum Gasteiger partial charge on any atom is -0.391 e. The monoisotopic (exact) mass is 313 g/mol. The summed E-state index contributed by atoms with van der Waals surface area (Å²) in [4.78, 5) is 18.7. The number of benzene rings is 1. The summed E-state index contributed by atoms with van der Waals surface area (Å²) in [6.07, 6.45) is 6.00. The average Bonchev–Trinajstić information content (AvgIpc) is 3.00. The largest absolute Gasteiger partial charge is 0.391 e. The van der Waals surface area contributed by atoms with Crippen LogP contribution in [0.5, 0.6) is 0 Å². The number of likely N-dealkylation sites (tertiary alicyclic amines) is 1. The van der Waals surface area contributed by atoms with E-state index in [9.17, 15) is 9.90 Å². The molecule has 0 bridgehead atoms. The normalized spacial score (nSPS) is 21.4. The molecule has 0 radical (unpaired) electrons. The number of rotatable bonds is 4. The third-order valence-corrected chi connectivity index (χ3v) is 4.61. The number of nitrogens with zero attached hydrogens (tertiary/aromatic N) is 3. The van der Waals surface area contributed by atoms with Gasteiger partial charge in [0, 0.05) is 13.6 Å². The topological polar surface area (TPSA) is 58.4 Å². The van der Waals surface area contributed by atoms with Crippen molar-refractivity contribution in [1.82, 2.24) is 14.5 Å². The summed E-state index contributed by atoms with van der Waals surface area (Å²) in [5.41, 5.74) is 1.81. The van der Waals surface area contributed by atoms with Gasteiger partial charge in [-0.1, -0.05) is 30.3 Å². The molecule has 2 aromatic rings. The zero-order chi connectivity index (χ0) is 16.2. The Labute approximate surface area is 136 Å². The predicted molar refractivity (Wildman–Crippen MR) is 88.0 cm³/mol. The maximum Gasteiger partial charge on any atom is 0.272 e. The molecule has 1 aliphatic heterocycles. The maximum atomic E-state index is 12.8. The van der Waals surface area contributed by atoms with Crippen LogP contribution in [-0.4, -0.2) is 44.2 Å². The number of imidazole rings is 1. The Morgan fingerprint density at radius 1 is 1.35 bits per heavy atom. The molecule has 0 aliphatic carbocycles. The lowest BCUT2D eigenvalue weighted by atomic mass is 9.93. The SMILES string of the molecule is Cn1cncc1C(=O)N1CCCC(O)C1CCc1ccccc1.